The fourth-order valence-electron chi connectivity index (χ4n) is 5.69. The Labute approximate surface area is 272 Å². The lowest BCUT2D eigenvalue weighted by Crippen LogP contribution is -2.46. The Kier molecular flexibility index (Phi) is 29.1. The first-order valence-corrected chi connectivity index (χ1v) is 18.9. The van der Waals surface area contributed by atoms with Gasteiger partial charge in [0, 0.05) is 38.1 Å². The van der Waals surface area contributed by atoms with Crippen molar-refractivity contribution in [3.63, 3.8) is 0 Å². The molecule has 1 unspecified atom stereocenters. The molecule has 0 saturated carbocycles. The predicted octanol–water partition coefficient (Wildman–Crippen LogP) is 9.20. The van der Waals surface area contributed by atoms with Crippen molar-refractivity contribution in [1.82, 2.24) is 15.3 Å². The van der Waals surface area contributed by atoms with E-state index in [-0.39, 0.29) is 12.0 Å². The third-order valence-electron chi connectivity index (χ3n) is 8.63. The first kappa shape index (κ1) is 40.6. The number of imidazole rings is 1. The SMILES string of the molecule is CCCCCCCCCCCCCCOCC(CNC(=O)[C@@H](N)Cc1cnc[nH]1)OCCCCCCCCCCCCCC. The largest absolute Gasteiger partial charge is 0.379 e. The van der Waals surface area contributed by atoms with E-state index in [0.29, 0.717) is 26.2 Å². The molecule has 7 nitrogen and oxygen atoms in total. The van der Waals surface area contributed by atoms with Crippen molar-refractivity contribution in [2.45, 2.75) is 187 Å². The molecule has 7 heteroatoms. The molecule has 1 aromatic heterocycles. The Hall–Kier alpha value is -1.44. The number of nitrogens with one attached hydrogen (secondary N) is 2. The number of unbranched alkanes of at least 4 members (excludes halogenated alkanes) is 22. The minimum Gasteiger partial charge on any atom is -0.379 e. The maximum atomic E-state index is 12.6. The Balaban J connectivity index is 2.17. The predicted molar refractivity (Wildman–Crippen MR) is 186 cm³/mol. The molecule has 0 aliphatic heterocycles. The van der Waals surface area contributed by atoms with Crippen LogP contribution in [0.1, 0.15) is 174 Å². The van der Waals surface area contributed by atoms with Crippen molar-refractivity contribution < 1.29 is 14.3 Å². The number of H-pyrrole nitrogens is 1. The second kappa shape index (κ2) is 31.5. The highest BCUT2D eigenvalue weighted by Crippen LogP contribution is 2.13. The summed E-state index contributed by atoms with van der Waals surface area (Å²) in [5.41, 5.74) is 6.98. The fourth-order valence-corrected chi connectivity index (χ4v) is 5.69. The molecule has 44 heavy (non-hydrogen) atoms. The molecule has 0 bridgehead atoms. The number of nitrogens with zero attached hydrogens (tertiary/aromatic N) is 1. The monoisotopic (exact) mass is 621 g/mol. The van der Waals surface area contributed by atoms with Crippen LogP contribution in [-0.2, 0) is 20.7 Å². The smallest absolute Gasteiger partial charge is 0.237 e. The summed E-state index contributed by atoms with van der Waals surface area (Å²) >= 11 is 0. The van der Waals surface area contributed by atoms with Crippen molar-refractivity contribution in [2.24, 2.45) is 5.73 Å². The van der Waals surface area contributed by atoms with E-state index in [1.54, 1.807) is 12.5 Å². The van der Waals surface area contributed by atoms with Gasteiger partial charge >= 0.3 is 0 Å². The van der Waals surface area contributed by atoms with Crippen LogP contribution in [0.2, 0.25) is 0 Å². The Bertz CT molecular complexity index is 716. The molecule has 0 aromatic carbocycles. The molecule has 1 aromatic rings. The fraction of sp³-hybridized carbons (Fsp3) is 0.892. The number of hydrogen-bond donors (Lipinski definition) is 3. The quantitative estimate of drug-likeness (QED) is 0.0667. The lowest BCUT2D eigenvalue weighted by atomic mass is 10.1. The molecular weight excluding hydrogens is 548 g/mol. The van der Waals surface area contributed by atoms with Crippen LogP contribution in [0.3, 0.4) is 0 Å². The number of carbonyl (C=O) groups excluding carboxylic acids is 1. The molecule has 4 N–H and O–H groups in total. The molecule has 0 fully saturated rings. The number of carbonyl (C=O) groups is 1. The van der Waals surface area contributed by atoms with Crippen LogP contribution in [0.5, 0.6) is 0 Å². The second-order valence-electron chi connectivity index (χ2n) is 13.0. The number of aromatic nitrogens is 2. The molecule has 0 saturated heterocycles. The van der Waals surface area contributed by atoms with Gasteiger partial charge in [-0.15, -0.1) is 0 Å². The van der Waals surface area contributed by atoms with Gasteiger partial charge < -0.3 is 25.5 Å². The summed E-state index contributed by atoms with van der Waals surface area (Å²) in [6.45, 7) is 6.95. The van der Waals surface area contributed by atoms with Crippen molar-refractivity contribution in [3.05, 3.63) is 18.2 Å². The van der Waals surface area contributed by atoms with Gasteiger partial charge in [-0.3, -0.25) is 4.79 Å². The van der Waals surface area contributed by atoms with E-state index in [1.165, 1.54) is 141 Å². The Morgan fingerprint density at radius 3 is 1.64 bits per heavy atom. The summed E-state index contributed by atoms with van der Waals surface area (Å²) in [6, 6.07) is -0.616. The maximum Gasteiger partial charge on any atom is 0.237 e. The third kappa shape index (κ3) is 25.8. The molecular formula is C37H72N4O3. The van der Waals surface area contributed by atoms with E-state index in [2.05, 4.69) is 29.1 Å². The summed E-state index contributed by atoms with van der Waals surface area (Å²) in [5, 5.41) is 2.99. The highest BCUT2D eigenvalue weighted by molar-refractivity contribution is 5.81. The summed E-state index contributed by atoms with van der Waals surface area (Å²) in [4.78, 5) is 19.6. The van der Waals surface area contributed by atoms with Crippen LogP contribution in [-0.4, -0.2) is 54.4 Å². The number of hydrogen-bond acceptors (Lipinski definition) is 5. The van der Waals surface area contributed by atoms with E-state index in [9.17, 15) is 4.79 Å². The van der Waals surface area contributed by atoms with Crippen LogP contribution in [0.25, 0.3) is 0 Å². The molecule has 1 rings (SSSR count). The normalized spacial score (nSPS) is 12.9. The molecule has 0 aliphatic rings. The topological polar surface area (TPSA) is 102 Å². The molecule has 0 spiro atoms. The van der Waals surface area contributed by atoms with Gasteiger partial charge in [0.2, 0.25) is 5.91 Å². The zero-order chi connectivity index (χ0) is 31.8. The first-order valence-electron chi connectivity index (χ1n) is 18.9. The zero-order valence-corrected chi connectivity index (χ0v) is 29.1. The van der Waals surface area contributed by atoms with E-state index < -0.39 is 6.04 Å². The van der Waals surface area contributed by atoms with Crippen LogP contribution in [0.4, 0.5) is 0 Å². The maximum absolute atomic E-state index is 12.6. The Morgan fingerprint density at radius 2 is 1.18 bits per heavy atom. The van der Waals surface area contributed by atoms with Gasteiger partial charge in [0.1, 0.15) is 0 Å². The second-order valence-corrected chi connectivity index (χ2v) is 13.0. The van der Waals surface area contributed by atoms with Crippen LogP contribution in [0, 0.1) is 0 Å². The van der Waals surface area contributed by atoms with Gasteiger partial charge in [0.25, 0.3) is 0 Å². The number of amides is 1. The van der Waals surface area contributed by atoms with Gasteiger partial charge in [-0.1, -0.05) is 155 Å². The Morgan fingerprint density at radius 1 is 0.727 bits per heavy atom. The van der Waals surface area contributed by atoms with Gasteiger partial charge in [0.15, 0.2) is 0 Å². The van der Waals surface area contributed by atoms with Gasteiger partial charge in [-0.05, 0) is 12.8 Å². The standard InChI is InChI=1S/C37H72N4O3/c1-3-5-7-9-11-13-15-17-19-21-23-25-27-43-32-35(31-40-37(42)36(38)29-34-30-39-33-41-34)44-28-26-24-22-20-18-16-14-12-10-8-6-4-2/h30,33,35-36H,3-29,31-32,38H2,1-2H3,(H,39,41)(H,40,42)/t35?,36-/m0/s1. The lowest BCUT2D eigenvalue weighted by Gasteiger charge is -2.20. The zero-order valence-electron chi connectivity index (χ0n) is 29.1. The summed E-state index contributed by atoms with van der Waals surface area (Å²) in [5.74, 6) is -0.167. The van der Waals surface area contributed by atoms with E-state index >= 15 is 0 Å². The number of nitrogens with two attached hydrogens (primary N) is 1. The molecule has 1 amide bonds. The number of aromatic amines is 1. The van der Waals surface area contributed by atoms with E-state index in [4.69, 9.17) is 15.2 Å². The van der Waals surface area contributed by atoms with Crippen molar-refractivity contribution in [2.75, 3.05) is 26.4 Å². The van der Waals surface area contributed by atoms with Gasteiger partial charge in [-0.2, -0.15) is 0 Å². The third-order valence-corrected chi connectivity index (χ3v) is 8.63. The van der Waals surface area contributed by atoms with Crippen LogP contribution >= 0.6 is 0 Å². The minimum atomic E-state index is -0.616. The average Bonchev–Trinajstić information content (AvgIpc) is 3.54. The van der Waals surface area contributed by atoms with Crippen molar-refractivity contribution in [1.29, 1.82) is 0 Å². The van der Waals surface area contributed by atoms with Gasteiger partial charge in [0.05, 0.1) is 25.1 Å². The molecule has 0 aliphatic carbocycles. The van der Waals surface area contributed by atoms with Crippen LogP contribution in [0.15, 0.2) is 12.5 Å². The molecule has 258 valence electrons. The highest BCUT2D eigenvalue weighted by Gasteiger charge is 2.17. The summed E-state index contributed by atoms with van der Waals surface area (Å²) in [7, 11) is 0. The lowest BCUT2D eigenvalue weighted by molar-refractivity contribution is -0.123. The molecule has 0 radical (unpaired) electrons. The average molecular weight is 621 g/mol. The van der Waals surface area contributed by atoms with Gasteiger partial charge in [-0.25, -0.2) is 4.98 Å². The number of rotatable bonds is 34. The van der Waals surface area contributed by atoms with Crippen LogP contribution < -0.4 is 11.1 Å². The minimum absolute atomic E-state index is 0.150. The van der Waals surface area contributed by atoms with E-state index in [0.717, 1.165) is 25.1 Å². The summed E-state index contributed by atoms with van der Waals surface area (Å²) < 4.78 is 12.2. The molecule has 2 atom stereocenters. The highest BCUT2D eigenvalue weighted by atomic mass is 16.5. The van der Waals surface area contributed by atoms with E-state index in [1.807, 2.05) is 0 Å². The first-order chi connectivity index (χ1) is 21.7. The van der Waals surface area contributed by atoms with Crippen molar-refractivity contribution >= 4 is 5.91 Å². The number of ether oxygens (including phenoxy) is 2. The molecule has 1 heterocycles. The summed E-state index contributed by atoms with van der Waals surface area (Å²) in [6.07, 6.45) is 35.6. The van der Waals surface area contributed by atoms with Crippen molar-refractivity contribution in [3.8, 4) is 0 Å².